The zero-order valence-electron chi connectivity index (χ0n) is 9.95. The molecule has 0 spiro atoms. The maximum absolute atomic E-state index is 13.8. The van der Waals surface area contributed by atoms with Gasteiger partial charge in [0.05, 0.1) is 11.9 Å². The summed E-state index contributed by atoms with van der Waals surface area (Å²) >= 11 is 0. The normalized spacial score (nSPS) is 11.5. The molecule has 0 atom stereocenters. The van der Waals surface area contributed by atoms with E-state index in [1.165, 1.54) is 12.1 Å². The van der Waals surface area contributed by atoms with Gasteiger partial charge in [-0.05, 0) is 17.7 Å². The lowest BCUT2D eigenvalue weighted by molar-refractivity contribution is -0.113. The van der Waals surface area contributed by atoms with Gasteiger partial charge in [0, 0.05) is 25.0 Å². The predicted octanol–water partition coefficient (Wildman–Crippen LogP) is 1.45. The van der Waals surface area contributed by atoms with Crippen LogP contribution in [0, 0.1) is 5.82 Å². The van der Waals surface area contributed by atoms with Gasteiger partial charge in [0.25, 0.3) is 0 Å². The van der Waals surface area contributed by atoms with Crippen LogP contribution in [0.15, 0.2) is 43.0 Å². The van der Waals surface area contributed by atoms with Gasteiger partial charge in [-0.15, -0.1) is 0 Å². The SMILES string of the molecule is NC(=O)/C=C(\O)c1ccc(Cn2ccnc2)cc1F. The van der Waals surface area contributed by atoms with E-state index < -0.39 is 17.5 Å². The van der Waals surface area contributed by atoms with Crippen LogP contribution in [0.25, 0.3) is 5.76 Å². The highest BCUT2D eigenvalue weighted by Gasteiger charge is 2.09. The summed E-state index contributed by atoms with van der Waals surface area (Å²) in [5.41, 5.74) is 5.55. The third-order valence-corrected chi connectivity index (χ3v) is 2.51. The van der Waals surface area contributed by atoms with Gasteiger partial charge in [-0.25, -0.2) is 9.37 Å². The number of aliphatic hydroxyl groups is 1. The number of amides is 1. The van der Waals surface area contributed by atoms with E-state index in [4.69, 9.17) is 5.73 Å². The highest BCUT2D eigenvalue weighted by Crippen LogP contribution is 2.18. The fraction of sp³-hybridized carbons (Fsp3) is 0.0769. The minimum absolute atomic E-state index is 0.0619. The molecule has 2 rings (SSSR count). The zero-order chi connectivity index (χ0) is 13.8. The van der Waals surface area contributed by atoms with E-state index in [0.717, 1.165) is 6.08 Å². The van der Waals surface area contributed by atoms with Crippen LogP contribution in [-0.2, 0) is 11.3 Å². The van der Waals surface area contributed by atoms with Crippen LogP contribution in [0.2, 0.25) is 0 Å². The van der Waals surface area contributed by atoms with Gasteiger partial charge in [0.2, 0.25) is 5.91 Å². The van der Waals surface area contributed by atoms with Crippen molar-refractivity contribution in [1.29, 1.82) is 0 Å². The average Bonchev–Trinajstić information content (AvgIpc) is 2.80. The van der Waals surface area contributed by atoms with Gasteiger partial charge in [0.15, 0.2) is 0 Å². The van der Waals surface area contributed by atoms with Gasteiger partial charge in [-0.3, -0.25) is 4.79 Å². The molecule has 0 bridgehead atoms. The third-order valence-electron chi connectivity index (χ3n) is 2.51. The fourth-order valence-corrected chi connectivity index (χ4v) is 1.67. The number of carbonyl (C=O) groups excluding carboxylic acids is 1. The van der Waals surface area contributed by atoms with E-state index in [0.29, 0.717) is 12.1 Å². The summed E-state index contributed by atoms with van der Waals surface area (Å²) in [4.78, 5) is 14.5. The monoisotopic (exact) mass is 261 g/mol. The van der Waals surface area contributed by atoms with E-state index in [2.05, 4.69) is 4.98 Å². The molecule has 0 aliphatic rings. The fourth-order valence-electron chi connectivity index (χ4n) is 1.67. The van der Waals surface area contributed by atoms with Gasteiger partial charge in [-0.2, -0.15) is 0 Å². The standard InChI is InChI=1S/C13H12FN3O2/c14-11-5-9(7-17-4-3-16-8-17)1-2-10(11)12(18)6-13(15)19/h1-6,8,18H,7H2,(H2,15,19)/b12-6-. The molecule has 19 heavy (non-hydrogen) atoms. The van der Waals surface area contributed by atoms with Crippen molar-refractivity contribution >= 4 is 11.7 Å². The van der Waals surface area contributed by atoms with Gasteiger partial charge >= 0.3 is 0 Å². The Morgan fingerprint density at radius 2 is 2.32 bits per heavy atom. The number of halogens is 1. The van der Waals surface area contributed by atoms with Gasteiger partial charge < -0.3 is 15.4 Å². The maximum atomic E-state index is 13.8. The Bertz CT molecular complexity index is 621. The first-order valence-electron chi connectivity index (χ1n) is 5.51. The average molecular weight is 261 g/mol. The van der Waals surface area contributed by atoms with Crippen molar-refractivity contribution in [2.24, 2.45) is 5.73 Å². The number of benzene rings is 1. The topological polar surface area (TPSA) is 81.1 Å². The van der Waals surface area contributed by atoms with Crippen LogP contribution >= 0.6 is 0 Å². The van der Waals surface area contributed by atoms with Crippen LogP contribution in [0.5, 0.6) is 0 Å². The second-order valence-electron chi connectivity index (χ2n) is 3.98. The molecule has 1 aromatic carbocycles. The molecule has 1 amide bonds. The Morgan fingerprint density at radius 3 is 2.89 bits per heavy atom. The molecular weight excluding hydrogens is 249 g/mol. The number of nitrogens with two attached hydrogens (primary N) is 1. The Labute approximate surface area is 108 Å². The van der Waals surface area contributed by atoms with Crippen LogP contribution in [-0.4, -0.2) is 20.6 Å². The Morgan fingerprint density at radius 1 is 1.53 bits per heavy atom. The van der Waals surface area contributed by atoms with Crippen molar-refractivity contribution in [3.05, 3.63) is 59.9 Å². The third kappa shape index (κ3) is 3.19. The molecule has 2 aromatic rings. The van der Waals surface area contributed by atoms with E-state index in [1.807, 2.05) is 0 Å². The molecule has 1 heterocycles. The van der Waals surface area contributed by atoms with Gasteiger partial charge in [-0.1, -0.05) is 6.07 Å². The molecule has 1 aromatic heterocycles. The Hall–Kier alpha value is -2.63. The Kier molecular flexibility index (Phi) is 3.61. The highest BCUT2D eigenvalue weighted by molar-refractivity contribution is 5.92. The molecule has 6 heteroatoms. The largest absolute Gasteiger partial charge is 0.507 e. The smallest absolute Gasteiger partial charge is 0.245 e. The first-order valence-corrected chi connectivity index (χ1v) is 5.51. The number of carbonyl (C=O) groups is 1. The second-order valence-corrected chi connectivity index (χ2v) is 3.98. The number of hydrogen-bond donors (Lipinski definition) is 2. The van der Waals surface area contributed by atoms with Crippen molar-refractivity contribution in [2.45, 2.75) is 6.54 Å². The molecule has 0 fully saturated rings. The first-order chi connectivity index (χ1) is 9.06. The molecule has 98 valence electrons. The van der Waals surface area contributed by atoms with Crippen molar-refractivity contribution in [2.75, 3.05) is 0 Å². The molecular formula is C13H12FN3O2. The maximum Gasteiger partial charge on any atom is 0.245 e. The Balaban J connectivity index is 2.24. The summed E-state index contributed by atoms with van der Waals surface area (Å²) in [6.45, 7) is 0.470. The first kappa shape index (κ1) is 12.8. The van der Waals surface area contributed by atoms with Crippen LogP contribution in [0.4, 0.5) is 4.39 Å². The summed E-state index contributed by atoms with van der Waals surface area (Å²) in [6.07, 6.45) is 5.78. The zero-order valence-corrected chi connectivity index (χ0v) is 9.95. The number of aromatic nitrogens is 2. The molecule has 3 N–H and O–H groups in total. The predicted molar refractivity (Wildman–Crippen MR) is 67.5 cm³/mol. The number of primary amides is 1. The lowest BCUT2D eigenvalue weighted by Gasteiger charge is -2.06. The molecule has 0 saturated heterocycles. The number of hydrogen-bond acceptors (Lipinski definition) is 3. The number of rotatable bonds is 4. The minimum Gasteiger partial charge on any atom is -0.507 e. The van der Waals surface area contributed by atoms with Crippen molar-refractivity contribution in [3.8, 4) is 0 Å². The van der Waals surface area contributed by atoms with Crippen molar-refractivity contribution in [3.63, 3.8) is 0 Å². The van der Waals surface area contributed by atoms with Crippen LogP contribution in [0.3, 0.4) is 0 Å². The van der Waals surface area contributed by atoms with E-state index in [1.54, 1.807) is 29.4 Å². The molecule has 5 nitrogen and oxygen atoms in total. The summed E-state index contributed by atoms with van der Waals surface area (Å²) in [6, 6.07) is 4.35. The highest BCUT2D eigenvalue weighted by atomic mass is 19.1. The van der Waals surface area contributed by atoms with E-state index in [-0.39, 0.29) is 5.56 Å². The van der Waals surface area contributed by atoms with E-state index in [9.17, 15) is 14.3 Å². The molecule has 0 saturated carbocycles. The van der Waals surface area contributed by atoms with E-state index >= 15 is 0 Å². The number of nitrogens with zero attached hydrogens (tertiary/aromatic N) is 2. The lowest BCUT2D eigenvalue weighted by atomic mass is 10.1. The van der Waals surface area contributed by atoms with Gasteiger partial charge in [0.1, 0.15) is 11.6 Å². The van der Waals surface area contributed by atoms with Crippen molar-refractivity contribution < 1.29 is 14.3 Å². The molecule has 0 aliphatic heterocycles. The lowest BCUT2D eigenvalue weighted by Crippen LogP contribution is -2.07. The molecule has 0 aliphatic carbocycles. The number of aliphatic hydroxyl groups excluding tert-OH is 1. The second kappa shape index (κ2) is 5.34. The quantitative estimate of drug-likeness (QED) is 0.645. The number of imidazole rings is 1. The summed E-state index contributed by atoms with van der Waals surface area (Å²) in [5, 5.41) is 9.52. The van der Waals surface area contributed by atoms with Crippen LogP contribution in [0.1, 0.15) is 11.1 Å². The van der Waals surface area contributed by atoms with Crippen molar-refractivity contribution in [1.82, 2.24) is 9.55 Å². The molecule has 0 unspecified atom stereocenters. The summed E-state index contributed by atoms with van der Waals surface area (Å²) in [7, 11) is 0. The molecule has 0 radical (unpaired) electrons. The summed E-state index contributed by atoms with van der Waals surface area (Å²) < 4.78 is 15.6. The summed E-state index contributed by atoms with van der Waals surface area (Å²) in [5.74, 6) is -1.94. The van der Waals surface area contributed by atoms with Crippen LogP contribution < -0.4 is 5.73 Å². The minimum atomic E-state index is -0.834.